The van der Waals surface area contributed by atoms with Gasteiger partial charge in [-0.05, 0) is 41.8 Å². The Bertz CT molecular complexity index is 888. The van der Waals surface area contributed by atoms with Crippen molar-refractivity contribution >= 4 is 21.5 Å². The molecule has 6 heteroatoms. The number of carbonyl (C=O) groups is 1. The van der Waals surface area contributed by atoms with E-state index in [4.69, 9.17) is 0 Å². The molecule has 25 heavy (non-hydrogen) atoms. The van der Waals surface area contributed by atoms with E-state index in [0.717, 1.165) is 5.56 Å². The van der Waals surface area contributed by atoms with Crippen molar-refractivity contribution < 1.29 is 13.2 Å². The normalized spacial score (nSPS) is 15.5. The molecule has 0 unspecified atom stereocenters. The second-order valence-corrected chi connectivity index (χ2v) is 7.75. The number of sulfonamides is 1. The molecule has 0 saturated carbocycles. The summed E-state index contributed by atoms with van der Waals surface area (Å²) in [5, 5.41) is 2.52. The number of nitrogens with one attached hydrogen (secondary N) is 1. The van der Waals surface area contributed by atoms with Gasteiger partial charge in [-0.15, -0.1) is 0 Å². The summed E-state index contributed by atoms with van der Waals surface area (Å²) in [6.45, 7) is 0.796. The largest absolute Gasteiger partial charge is 0.355 e. The Morgan fingerprint density at radius 3 is 2.28 bits per heavy atom. The molecule has 0 bridgehead atoms. The Labute approximate surface area is 148 Å². The Balaban J connectivity index is 1.78. The topological polar surface area (TPSA) is 66.5 Å². The van der Waals surface area contributed by atoms with Gasteiger partial charge in [-0.3, -0.25) is 4.79 Å². The fourth-order valence-corrected chi connectivity index (χ4v) is 4.24. The van der Waals surface area contributed by atoms with Crippen LogP contribution in [0.25, 0.3) is 5.57 Å². The predicted octanol–water partition coefficient (Wildman–Crippen LogP) is 2.52. The number of amides is 1. The summed E-state index contributed by atoms with van der Waals surface area (Å²) >= 11 is 0. The van der Waals surface area contributed by atoms with Gasteiger partial charge < -0.3 is 5.32 Å². The number of benzene rings is 2. The highest BCUT2D eigenvalue weighted by Gasteiger charge is 2.26. The van der Waals surface area contributed by atoms with Gasteiger partial charge >= 0.3 is 0 Å². The summed E-state index contributed by atoms with van der Waals surface area (Å²) in [6, 6.07) is 16.0. The minimum Gasteiger partial charge on any atom is -0.355 e. The molecule has 5 nitrogen and oxygen atoms in total. The van der Waals surface area contributed by atoms with Crippen molar-refractivity contribution in [3.05, 3.63) is 71.8 Å². The zero-order chi connectivity index (χ0) is 17.9. The standard InChI is InChI=1S/C19H20N2O3S/c1-20-19(22)17-7-9-18(10-8-17)25(23,24)21-13-11-16(12-14-21)15-5-3-2-4-6-15/h2-11H,12-14H2,1H3,(H,20,22). The van der Waals surface area contributed by atoms with E-state index in [1.807, 2.05) is 36.4 Å². The van der Waals surface area contributed by atoms with E-state index in [0.29, 0.717) is 25.1 Å². The SMILES string of the molecule is CNC(=O)c1ccc(S(=O)(=O)N2CC=C(c3ccccc3)CC2)cc1. The van der Waals surface area contributed by atoms with E-state index in [1.165, 1.54) is 41.2 Å². The molecule has 1 N–H and O–H groups in total. The van der Waals surface area contributed by atoms with Gasteiger partial charge in [0.1, 0.15) is 0 Å². The molecule has 0 atom stereocenters. The van der Waals surface area contributed by atoms with Crippen LogP contribution in [-0.4, -0.2) is 38.8 Å². The quantitative estimate of drug-likeness (QED) is 0.915. The first-order valence-corrected chi connectivity index (χ1v) is 9.53. The molecule has 1 aliphatic heterocycles. The molecule has 1 heterocycles. The monoisotopic (exact) mass is 356 g/mol. The fraction of sp³-hybridized carbons (Fsp3) is 0.211. The zero-order valence-corrected chi connectivity index (χ0v) is 14.8. The summed E-state index contributed by atoms with van der Waals surface area (Å²) in [6.07, 6.45) is 2.65. The first-order valence-electron chi connectivity index (χ1n) is 8.09. The minimum absolute atomic E-state index is 0.205. The summed E-state index contributed by atoms with van der Waals surface area (Å²) in [5.41, 5.74) is 2.74. The average molecular weight is 356 g/mol. The van der Waals surface area contributed by atoms with Crippen LogP contribution in [0.4, 0.5) is 0 Å². The summed E-state index contributed by atoms with van der Waals surface area (Å²) in [5.74, 6) is -0.239. The highest BCUT2D eigenvalue weighted by Crippen LogP contribution is 2.26. The van der Waals surface area contributed by atoms with Crippen LogP contribution < -0.4 is 5.32 Å². The maximum atomic E-state index is 12.8. The Morgan fingerprint density at radius 2 is 1.72 bits per heavy atom. The molecule has 0 fully saturated rings. The molecule has 1 aliphatic rings. The van der Waals surface area contributed by atoms with Crippen molar-refractivity contribution in [2.75, 3.05) is 20.1 Å². The van der Waals surface area contributed by atoms with Crippen molar-refractivity contribution in [2.24, 2.45) is 0 Å². The lowest BCUT2D eigenvalue weighted by atomic mass is 10.0. The predicted molar refractivity (Wildman–Crippen MR) is 97.6 cm³/mol. The van der Waals surface area contributed by atoms with Gasteiger partial charge in [-0.2, -0.15) is 4.31 Å². The number of carbonyl (C=O) groups excluding carboxylic acids is 1. The van der Waals surface area contributed by atoms with Gasteiger partial charge in [-0.1, -0.05) is 36.4 Å². The number of nitrogens with zero attached hydrogens (tertiary/aromatic N) is 1. The smallest absolute Gasteiger partial charge is 0.251 e. The highest BCUT2D eigenvalue weighted by atomic mass is 32.2. The van der Waals surface area contributed by atoms with E-state index >= 15 is 0 Å². The molecule has 0 aliphatic carbocycles. The third kappa shape index (κ3) is 3.65. The van der Waals surface area contributed by atoms with Gasteiger partial charge in [0, 0.05) is 25.7 Å². The summed E-state index contributed by atoms with van der Waals surface area (Å²) in [4.78, 5) is 11.8. The first kappa shape index (κ1) is 17.4. The van der Waals surface area contributed by atoms with Gasteiger partial charge in [0.2, 0.25) is 10.0 Å². The third-order valence-electron chi connectivity index (χ3n) is 4.30. The van der Waals surface area contributed by atoms with E-state index in [1.54, 1.807) is 0 Å². The number of rotatable bonds is 4. The molecule has 0 saturated heterocycles. The van der Waals surface area contributed by atoms with E-state index in [-0.39, 0.29) is 10.8 Å². The molecule has 2 aromatic rings. The lowest BCUT2D eigenvalue weighted by Gasteiger charge is -2.26. The molecule has 2 aromatic carbocycles. The van der Waals surface area contributed by atoms with Crippen LogP contribution in [0.1, 0.15) is 22.3 Å². The lowest BCUT2D eigenvalue weighted by Crippen LogP contribution is -2.34. The van der Waals surface area contributed by atoms with Gasteiger partial charge in [0.25, 0.3) is 5.91 Å². The summed E-state index contributed by atoms with van der Waals surface area (Å²) < 4.78 is 27.0. The van der Waals surface area contributed by atoms with Crippen molar-refractivity contribution in [2.45, 2.75) is 11.3 Å². The van der Waals surface area contributed by atoms with Gasteiger partial charge in [0.05, 0.1) is 4.90 Å². The van der Waals surface area contributed by atoms with Crippen molar-refractivity contribution in [1.82, 2.24) is 9.62 Å². The van der Waals surface area contributed by atoms with Gasteiger partial charge in [-0.25, -0.2) is 8.42 Å². The van der Waals surface area contributed by atoms with Crippen LogP contribution in [0.5, 0.6) is 0 Å². The second kappa shape index (κ2) is 7.21. The molecule has 0 spiro atoms. The minimum atomic E-state index is -3.56. The summed E-state index contributed by atoms with van der Waals surface area (Å²) in [7, 11) is -2.02. The van der Waals surface area contributed by atoms with E-state index < -0.39 is 10.0 Å². The van der Waals surface area contributed by atoms with Crippen molar-refractivity contribution in [3.63, 3.8) is 0 Å². The lowest BCUT2D eigenvalue weighted by molar-refractivity contribution is 0.0963. The number of hydrogen-bond acceptors (Lipinski definition) is 3. The second-order valence-electron chi connectivity index (χ2n) is 5.81. The molecule has 3 rings (SSSR count). The van der Waals surface area contributed by atoms with E-state index in [9.17, 15) is 13.2 Å². The Morgan fingerprint density at radius 1 is 1.04 bits per heavy atom. The van der Waals surface area contributed by atoms with Crippen LogP contribution in [0.15, 0.2) is 65.6 Å². The van der Waals surface area contributed by atoms with Crippen LogP contribution >= 0.6 is 0 Å². The maximum Gasteiger partial charge on any atom is 0.251 e. The van der Waals surface area contributed by atoms with Gasteiger partial charge in [0.15, 0.2) is 0 Å². The molecule has 130 valence electrons. The van der Waals surface area contributed by atoms with Crippen LogP contribution in [0, 0.1) is 0 Å². The highest BCUT2D eigenvalue weighted by molar-refractivity contribution is 7.89. The average Bonchev–Trinajstić information content (AvgIpc) is 2.68. The van der Waals surface area contributed by atoms with Crippen molar-refractivity contribution in [1.29, 1.82) is 0 Å². The number of hydrogen-bond donors (Lipinski definition) is 1. The molecule has 0 radical (unpaired) electrons. The first-order chi connectivity index (χ1) is 12.0. The molecule has 1 amide bonds. The third-order valence-corrected chi connectivity index (χ3v) is 6.18. The molecular formula is C19H20N2O3S. The Hall–Kier alpha value is -2.44. The zero-order valence-electron chi connectivity index (χ0n) is 14.0. The fourth-order valence-electron chi connectivity index (χ4n) is 2.85. The van der Waals surface area contributed by atoms with Crippen LogP contribution in [-0.2, 0) is 10.0 Å². The van der Waals surface area contributed by atoms with Crippen molar-refractivity contribution in [3.8, 4) is 0 Å². The molecule has 0 aromatic heterocycles. The molecular weight excluding hydrogens is 336 g/mol. The van der Waals surface area contributed by atoms with Crippen LogP contribution in [0.3, 0.4) is 0 Å². The Kier molecular flexibility index (Phi) is 5.01. The van der Waals surface area contributed by atoms with Crippen LogP contribution in [0.2, 0.25) is 0 Å². The maximum absolute atomic E-state index is 12.8. The van der Waals surface area contributed by atoms with E-state index in [2.05, 4.69) is 5.32 Å².